The third-order valence-corrected chi connectivity index (χ3v) is 6.23. The van der Waals surface area contributed by atoms with E-state index in [1.54, 1.807) is 0 Å². The van der Waals surface area contributed by atoms with E-state index in [4.69, 9.17) is 9.97 Å². The topological polar surface area (TPSA) is 61.4 Å². The molecule has 1 saturated heterocycles. The highest BCUT2D eigenvalue weighted by molar-refractivity contribution is 5.87. The lowest BCUT2D eigenvalue weighted by atomic mass is 10.0. The quantitative estimate of drug-likeness (QED) is 0.653. The summed E-state index contributed by atoms with van der Waals surface area (Å²) in [6, 6.07) is 12.5. The summed E-state index contributed by atoms with van der Waals surface area (Å²) in [6.45, 7) is 7.60. The van der Waals surface area contributed by atoms with E-state index in [0.29, 0.717) is 6.04 Å². The number of piperazine rings is 1. The molecule has 0 spiro atoms. The first kappa shape index (κ1) is 18.9. The number of aldehydes is 1. The fraction of sp³-hybridized carbons (Fsp3) is 0.375. The predicted molar refractivity (Wildman–Crippen MR) is 122 cm³/mol. The van der Waals surface area contributed by atoms with Crippen molar-refractivity contribution in [3.05, 3.63) is 53.1 Å². The summed E-state index contributed by atoms with van der Waals surface area (Å²) in [7, 11) is 0. The molecule has 0 unspecified atom stereocenters. The summed E-state index contributed by atoms with van der Waals surface area (Å²) < 4.78 is 0. The molecule has 0 atom stereocenters. The first-order valence-corrected chi connectivity index (χ1v) is 10.7. The van der Waals surface area contributed by atoms with Gasteiger partial charge in [0.2, 0.25) is 0 Å². The van der Waals surface area contributed by atoms with Gasteiger partial charge in [0.15, 0.2) is 17.9 Å². The molecule has 0 radical (unpaired) electrons. The number of carbonyl (C=O) groups is 1. The fourth-order valence-electron chi connectivity index (χ4n) is 4.21. The maximum atomic E-state index is 11.6. The molecule has 0 bridgehead atoms. The smallest absolute Gasteiger partial charge is 0.172 e. The van der Waals surface area contributed by atoms with Crippen LogP contribution in [0.5, 0.6) is 0 Å². The van der Waals surface area contributed by atoms with Crippen LogP contribution < -0.4 is 15.1 Å². The van der Waals surface area contributed by atoms with E-state index in [0.717, 1.165) is 66.4 Å². The van der Waals surface area contributed by atoms with Crippen LogP contribution in [0.3, 0.4) is 0 Å². The third-order valence-electron chi connectivity index (χ3n) is 6.23. The van der Waals surface area contributed by atoms with Crippen LogP contribution in [0.1, 0.15) is 34.3 Å². The molecule has 3 aromatic rings. The van der Waals surface area contributed by atoms with Crippen LogP contribution in [-0.4, -0.2) is 48.5 Å². The molecular formula is C24H27N5O. The molecule has 0 amide bonds. The summed E-state index contributed by atoms with van der Waals surface area (Å²) in [5, 5.41) is 3.58. The Morgan fingerprint density at radius 2 is 1.60 bits per heavy atom. The SMILES string of the molecule is Cc1ccc(C=O)c(N2CCN(c3nc4ccccc4nc3NC3CC3)CC2)c1C. The van der Waals surface area contributed by atoms with Crippen molar-refractivity contribution in [2.24, 2.45) is 0 Å². The highest BCUT2D eigenvalue weighted by Crippen LogP contribution is 2.33. The second-order valence-corrected chi connectivity index (χ2v) is 8.34. The first-order chi connectivity index (χ1) is 14.6. The number of hydrogen-bond donors (Lipinski definition) is 1. The molecule has 2 aliphatic rings. The summed E-state index contributed by atoms with van der Waals surface area (Å²) >= 11 is 0. The van der Waals surface area contributed by atoms with E-state index in [-0.39, 0.29) is 0 Å². The zero-order valence-electron chi connectivity index (χ0n) is 17.6. The van der Waals surface area contributed by atoms with Crippen molar-refractivity contribution in [1.82, 2.24) is 9.97 Å². The van der Waals surface area contributed by atoms with E-state index in [9.17, 15) is 4.79 Å². The number of aryl methyl sites for hydroxylation is 1. The molecule has 1 aliphatic heterocycles. The average molecular weight is 402 g/mol. The van der Waals surface area contributed by atoms with Crippen LogP contribution in [0.15, 0.2) is 36.4 Å². The second-order valence-electron chi connectivity index (χ2n) is 8.34. The van der Waals surface area contributed by atoms with Crippen molar-refractivity contribution in [3.63, 3.8) is 0 Å². The molecule has 2 aromatic carbocycles. The molecule has 1 aromatic heterocycles. The molecular weight excluding hydrogens is 374 g/mol. The summed E-state index contributed by atoms with van der Waals surface area (Å²) in [5.74, 6) is 1.83. The number of benzene rings is 2. The van der Waals surface area contributed by atoms with Crippen molar-refractivity contribution < 1.29 is 4.79 Å². The van der Waals surface area contributed by atoms with Crippen molar-refractivity contribution in [2.45, 2.75) is 32.7 Å². The fourth-order valence-corrected chi connectivity index (χ4v) is 4.21. The van der Waals surface area contributed by atoms with Crippen LogP contribution in [0.25, 0.3) is 11.0 Å². The number of hydrogen-bond acceptors (Lipinski definition) is 6. The summed E-state index contributed by atoms with van der Waals surface area (Å²) in [5.41, 5.74) is 6.10. The van der Waals surface area contributed by atoms with Crippen LogP contribution in [0, 0.1) is 13.8 Å². The van der Waals surface area contributed by atoms with Gasteiger partial charge in [-0.05, 0) is 56.0 Å². The maximum absolute atomic E-state index is 11.6. The van der Waals surface area contributed by atoms with Gasteiger partial charge in [-0.15, -0.1) is 0 Å². The van der Waals surface area contributed by atoms with Gasteiger partial charge in [-0.25, -0.2) is 9.97 Å². The first-order valence-electron chi connectivity index (χ1n) is 10.7. The number of nitrogens with one attached hydrogen (secondary N) is 1. The maximum Gasteiger partial charge on any atom is 0.172 e. The third kappa shape index (κ3) is 3.47. The number of rotatable bonds is 5. The van der Waals surface area contributed by atoms with Gasteiger partial charge in [0.1, 0.15) is 0 Å². The molecule has 1 aliphatic carbocycles. The van der Waals surface area contributed by atoms with E-state index < -0.39 is 0 Å². The van der Waals surface area contributed by atoms with Crippen molar-refractivity contribution in [3.8, 4) is 0 Å². The van der Waals surface area contributed by atoms with Gasteiger partial charge in [-0.3, -0.25) is 4.79 Å². The van der Waals surface area contributed by atoms with E-state index in [2.05, 4.69) is 29.0 Å². The van der Waals surface area contributed by atoms with Crippen molar-refractivity contribution in [1.29, 1.82) is 0 Å². The van der Waals surface area contributed by atoms with Gasteiger partial charge in [0, 0.05) is 37.8 Å². The van der Waals surface area contributed by atoms with Gasteiger partial charge in [-0.2, -0.15) is 0 Å². The van der Waals surface area contributed by atoms with Gasteiger partial charge in [-0.1, -0.05) is 18.2 Å². The Hall–Kier alpha value is -3.15. The van der Waals surface area contributed by atoms with Crippen molar-refractivity contribution in [2.75, 3.05) is 41.3 Å². The van der Waals surface area contributed by atoms with Crippen LogP contribution in [-0.2, 0) is 0 Å². The molecule has 6 heteroatoms. The highest BCUT2D eigenvalue weighted by Gasteiger charge is 2.27. The Morgan fingerprint density at radius 3 is 2.27 bits per heavy atom. The normalized spacial score (nSPS) is 16.7. The average Bonchev–Trinajstić information content (AvgIpc) is 3.59. The van der Waals surface area contributed by atoms with Gasteiger partial charge in [0.05, 0.1) is 16.7 Å². The Kier molecular flexibility index (Phi) is 4.77. The van der Waals surface area contributed by atoms with E-state index >= 15 is 0 Å². The largest absolute Gasteiger partial charge is 0.367 e. The zero-order chi connectivity index (χ0) is 20.7. The molecule has 1 saturated carbocycles. The van der Waals surface area contributed by atoms with Crippen LogP contribution in [0.2, 0.25) is 0 Å². The van der Waals surface area contributed by atoms with Crippen LogP contribution in [0.4, 0.5) is 17.3 Å². The number of aromatic nitrogens is 2. The molecule has 30 heavy (non-hydrogen) atoms. The lowest BCUT2D eigenvalue weighted by molar-refractivity contribution is 0.112. The number of para-hydroxylation sites is 2. The van der Waals surface area contributed by atoms with Gasteiger partial charge < -0.3 is 15.1 Å². The van der Waals surface area contributed by atoms with Gasteiger partial charge in [0.25, 0.3) is 0 Å². The zero-order valence-corrected chi connectivity index (χ0v) is 17.6. The number of anilines is 3. The monoisotopic (exact) mass is 401 g/mol. The lowest BCUT2D eigenvalue weighted by Crippen LogP contribution is -2.47. The van der Waals surface area contributed by atoms with E-state index in [1.165, 1.54) is 24.0 Å². The Balaban J connectivity index is 1.42. The van der Waals surface area contributed by atoms with Crippen molar-refractivity contribution >= 4 is 34.6 Å². The minimum Gasteiger partial charge on any atom is -0.367 e. The number of carbonyl (C=O) groups excluding carboxylic acids is 1. The number of fused-ring (bicyclic) bond motifs is 1. The van der Waals surface area contributed by atoms with Crippen LogP contribution >= 0.6 is 0 Å². The Labute approximate surface area is 176 Å². The Morgan fingerprint density at radius 1 is 0.933 bits per heavy atom. The molecule has 2 fully saturated rings. The molecule has 6 nitrogen and oxygen atoms in total. The molecule has 2 heterocycles. The Bertz CT molecular complexity index is 1100. The summed E-state index contributed by atoms with van der Waals surface area (Å²) in [6.07, 6.45) is 3.37. The predicted octanol–water partition coefficient (Wildman–Crippen LogP) is 3.96. The summed E-state index contributed by atoms with van der Waals surface area (Å²) in [4.78, 5) is 26.2. The second kappa shape index (κ2) is 7.59. The minimum atomic E-state index is 0.519. The number of nitrogens with zero attached hydrogens (tertiary/aromatic N) is 4. The molecule has 154 valence electrons. The lowest BCUT2D eigenvalue weighted by Gasteiger charge is -2.38. The van der Waals surface area contributed by atoms with E-state index in [1.807, 2.05) is 36.4 Å². The molecule has 5 rings (SSSR count). The standard InChI is InChI=1S/C24H27N5O/c1-16-7-8-18(15-30)22(17(16)2)28-11-13-29(14-12-28)24-23(25-19-9-10-19)26-20-5-3-4-6-21(20)27-24/h3-8,15,19H,9-14H2,1-2H3,(H,25,26). The van der Waals surface area contributed by atoms with Gasteiger partial charge >= 0.3 is 0 Å². The molecule has 1 N–H and O–H groups in total. The minimum absolute atomic E-state index is 0.519. The highest BCUT2D eigenvalue weighted by atomic mass is 16.1.